The third-order valence-corrected chi connectivity index (χ3v) is 4.34. The third-order valence-electron chi connectivity index (χ3n) is 3.17. The molecule has 0 aromatic carbocycles. The topological polar surface area (TPSA) is 52.9 Å². The van der Waals surface area contributed by atoms with Crippen LogP contribution in [-0.2, 0) is 4.79 Å². The molecule has 0 radical (unpaired) electrons. The first-order chi connectivity index (χ1) is 7.51. The molecule has 16 heavy (non-hydrogen) atoms. The largest absolute Gasteiger partial charge is 0.351 e. The van der Waals surface area contributed by atoms with Crippen LogP contribution >= 0.6 is 11.8 Å². The van der Waals surface area contributed by atoms with Gasteiger partial charge in [0, 0.05) is 11.3 Å². The lowest BCUT2D eigenvalue weighted by atomic mass is 9.91. The number of carbonyl (C=O) groups is 1. The Bertz CT molecular complexity index is 296. The summed E-state index contributed by atoms with van der Waals surface area (Å²) >= 11 is 1.82. The highest BCUT2D eigenvalue weighted by Crippen LogP contribution is 2.28. The fourth-order valence-corrected chi connectivity index (χ4v) is 2.88. The average Bonchev–Trinajstić information content (AvgIpc) is 2.29. The van der Waals surface area contributed by atoms with Crippen LogP contribution in [0.4, 0.5) is 0 Å². The van der Waals surface area contributed by atoms with E-state index in [2.05, 4.69) is 11.6 Å². The Morgan fingerprint density at radius 3 is 2.62 bits per heavy atom. The fourth-order valence-electron chi connectivity index (χ4n) is 1.94. The summed E-state index contributed by atoms with van der Waals surface area (Å²) in [5.74, 6) is -0.138. The maximum atomic E-state index is 11.9. The predicted octanol–water partition coefficient (Wildman–Crippen LogP) is 2.33. The van der Waals surface area contributed by atoms with E-state index in [1.54, 1.807) is 13.8 Å². The highest BCUT2D eigenvalue weighted by molar-refractivity contribution is 7.99. The minimum Gasteiger partial charge on any atom is -0.351 e. The first-order valence-corrected chi connectivity index (χ1v) is 7.05. The van der Waals surface area contributed by atoms with Crippen molar-refractivity contribution in [3.8, 4) is 6.07 Å². The monoisotopic (exact) mass is 240 g/mol. The minimum atomic E-state index is -0.916. The van der Waals surface area contributed by atoms with Crippen molar-refractivity contribution in [3.63, 3.8) is 0 Å². The number of amides is 1. The fraction of sp³-hybridized carbons (Fsp3) is 0.833. The number of thioether (sulfide) groups is 1. The molecule has 90 valence electrons. The summed E-state index contributed by atoms with van der Waals surface area (Å²) in [6, 6.07) is 2.28. The lowest BCUT2D eigenvalue weighted by Gasteiger charge is -2.32. The number of nitriles is 1. The van der Waals surface area contributed by atoms with Crippen molar-refractivity contribution in [1.29, 1.82) is 5.26 Å². The van der Waals surface area contributed by atoms with Crippen molar-refractivity contribution in [1.82, 2.24) is 5.32 Å². The van der Waals surface area contributed by atoms with Gasteiger partial charge in [0.05, 0.1) is 6.07 Å². The van der Waals surface area contributed by atoms with Gasteiger partial charge in [0.2, 0.25) is 5.91 Å². The second kappa shape index (κ2) is 5.58. The van der Waals surface area contributed by atoms with Crippen LogP contribution in [0.25, 0.3) is 0 Å². The molecular weight excluding hydrogens is 220 g/mol. The number of nitrogens with zero attached hydrogens (tertiary/aromatic N) is 1. The zero-order valence-corrected chi connectivity index (χ0v) is 11.1. The van der Waals surface area contributed by atoms with E-state index in [0.29, 0.717) is 5.25 Å². The highest BCUT2D eigenvalue weighted by atomic mass is 32.2. The molecule has 0 spiro atoms. The molecule has 1 N–H and O–H groups in total. The van der Waals surface area contributed by atoms with E-state index in [4.69, 9.17) is 5.26 Å². The van der Waals surface area contributed by atoms with Crippen LogP contribution < -0.4 is 5.32 Å². The Labute approximate surface area is 102 Å². The van der Waals surface area contributed by atoms with Gasteiger partial charge in [0.1, 0.15) is 5.41 Å². The van der Waals surface area contributed by atoms with E-state index in [1.807, 2.05) is 17.8 Å². The molecule has 1 aliphatic carbocycles. The molecule has 1 saturated carbocycles. The molecule has 0 saturated heterocycles. The van der Waals surface area contributed by atoms with Crippen molar-refractivity contribution >= 4 is 17.7 Å². The SMILES string of the molecule is CSC1CCCCC1NC(=O)C(C)(C)C#N. The molecule has 4 heteroatoms. The van der Waals surface area contributed by atoms with Crippen molar-refractivity contribution in [3.05, 3.63) is 0 Å². The summed E-state index contributed by atoms with van der Waals surface area (Å²) in [4.78, 5) is 11.9. The predicted molar refractivity (Wildman–Crippen MR) is 67.1 cm³/mol. The molecule has 0 heterocycles. The summed E-state index contributed by atoms with van der Waals surface area (Å²) in [6.45, 7) is 3.33. The Hall–Kier alpha value is -0.690. The molecule has 1 rings (SSSR count). The van der Waals surface area contributed by atoms with E-state index < -0.39 is 5.41 Å². The number of hydrogen-bond donors (Lipinski definition) is 1. The Morgan fingerprint density at radius 1 is 1.44 bits per heavy atom. The summed E-state index contributed by atoms with van der Waals surface area (Å²) in [6.07, 6.45) is 6.72. The van der Waals surface area contributed by atoms with Crippen LogP contribution in [0.2, 0.25) is 0 Å². The minimum absolute atomic E-state index is 0.138. The molecule has 0 aliphatic heterocycles. The smallest absolute Gasteiger partial charge is 0.240 e. The first kappa shape index (κ1) is 13.4. The third kappa shape index (κ3) is 3.15. The van der Waals surface area contributed by atoms with Crippen LogP contribution in [-0.4, -0.2) is 23.5 Å². The van der Waals surface area contributed by atoms with Gasteiger partial charge in [-0.15, -0.1) is 0 Å². The van der Waals surface area contributed by atoms with Crippen LogP contribution in [0.15, 0.2) is 0 Å². The molecule has 1 fully saturated rings. The second-order valence-electron chi connectivity index (χ2n) is 4.88. The van der Waals surface area contributed by atoms with Gasteiger partial charge in [-0.3, -0.25) is 4.79 Å². The first-order valence-electron chi connectivity index (χ1n) is 5.76. The Morgan fingerprint density at radius 2 is 2.06 bits per heavy atom. The lowest BCUT2D eigenvalue weighted by Crippen LogP contribution is -2.48. The maximum absolute atomic E-state index is 11.9. The van der Waals surface area contributed by atoms with E-state index in [9.17, 15) is 4.79 Å². The average molecular weight is 240 g/mol. The zero-order chi connectivity index (χ0) is 12.2. The van der Waals surface area contributed by atoms with Crippen LogP contribution in [0, 0.1) is 16.7 Å². The number of rotatable bonds is 3. The van der Waals surface area contributed by atoms with E-state index >= 15 is 0 Å². The molecular formula is C12H20N2OS. The number of nitrogens with one attached hydrogen (secondary N) is 1. The quantitative estimate of drug-likeness (QED) is 0.823. The second-order valence-corrected chi connectivity index (χ2v) is 5.95. The summed E-state index contributed by atoms with van der Waals surface area (Å²) in [7, 11) is 0. The molecule has 3 nitrogen and oxygen atoms in total. The van der Waals surface area contributed by atoms with Crippen molar-refractivity contribution in [2.75, 3.05) is 6.26 Å². The highest BCUT2D eigenvalue weighted by Gasteiger charge is 2.32. The Balaban J connectivity index is 2.59. The van der Waals surface area contributed by atoms with Crippen molar-refractivity contribution in [2.45, 2.75) is 50.8 Å². The molecule has 2 atom stereocenters. The van der Waals surface area contributed by atoms with Crippen molar-refractivity contribution in [2.24, 2.45) is 5.41 Å². The molecule has 0 bridgehead atoms. The van der Waals surface area contributed by atoms with E-state index in [-0.39, 0.29) is 11.9 Å². The normalized spacial score (nSPS) is 25.9. The molecule has 1 aliphatic rings. The van der Waals surface area contributed by atoms with Gasteiger partial charge in [0.25, 0.3) is 0 Å². The summed E-state index contributed by atoms with van der Waals surface area (Å²) in [5.41, 5.74) is -0.916. The van der Waals surface area contributed by atoms with Gasteiger partial charge in [0.15, 0.2) is 0 Å². The van der Waals surface area contributed by atoms with E-state index in [1.165, 1.54) is 19.3 Å². The van der Waals surface area contributed by atoms with Gasteiger partial charge in [-0.1, -0.05) is 12.8 Å². The van der Waals surface area contributed by atoms with Crippen LogP contribution in [0.1, 0.15) is 39.5 Å². The molecule has 0 aromatic rings. The van der Waals surface area contributed by atoms with Gasteiger partial charge in [-0.2, -0.15) is 17.0 Å². The standard InChI is InChI=1S/C12H20N2OS/c1-12(2,8-13)11(15)14-9-6-4-5-7-10(9)16-3/h9-10H,4-7H2,1-3H3,(H,14,15). The Kier molecular flexibility index (Phi) is 4.67. The summed E-state index contributed by atoms with van der Waals surface area (Å²) < 4.78 is 0. The molecule has 0 aromatic heterocycles. The molecule has 2 unspecified atom stereocenters. The van der Waals surface area contributed by atoms with Gasteiger partial charge in [-0.25, -0.2) is 0 Å². The lowest BCUT2D eigenvalue weighted by molar-refractivity contribution is -0.127. The van der Waals surface area contributed by atoms with Crippen LogP contribution in [0.5, 0.6) is 0 Å². The van der Waals surface area contributed by atoms with Gasteiger partial charge < -0.3 is 5.32 Å². The van der Waals surface area contributed by atoms with Crippen molar-refractivity contribution < 1.29 is 4.79 Å². The maximum Gasteiger partial charge on any atom is 0.240 e. The number of hydrogen-bond acceptors (Lipinski definition) is 3. The zero-order valence-electron chi connectivity index (χ0n) is 10.2. The van der Waals surface area contributed by atoms with Gasteiger partial charge in [-0.05, 0) is 32.9 Å². The molecule has 1 amide bonds. The number of carbonyl (C=O) groups excluding carboxylic acids is 1. The van der Waals surface area contributed by atoms with Crippen LogP contribution in [0.3, 0.4) is 0 Å². The van der Waals surface area contributed by atoms with E-state index in [0.717, 1.165) is 6.42 Å². The summed E-state index contributed by atoms with van der Waals surface area (Å²) in [5, 5.41) is 12.4. The van der Waals surface area contributed by atoms with Gasteiger partial charge >= 0.3 is 0 Å².